The predicted octanol–water partition coefficient (Wildman–Crippen LogP) is 1.51. The molecule has 0 saturated heterocycles. The molecular weight excluding hydrogens is 244 g/mol. The van der Waals surface area contributed by atoms with Gasteiger partial charge in [-0.2, -0.15) is 0 Å². The number of hydrogen-bond acceptors (Lipinski definition) is 5. The fourth-order valence-corrected chi connectivity index (χ4v) is 1.53. The summed E-state index contributed by atoms with van der Waals surface area (Å²) in [6.07, 6.45) is 1.41. The summed E-state index contributed by atoms with van der Waals surface area (Å²) in [6, 6.07) is -0.391. The molecule has 19 heavy (non-hydrogen) atoms. The van der Waals surface area contributed by atoms with Crippen LogP contribution in [-0.2, 0) is 4.79 Å². The summed E-state index contributed by atoms with van der Waals surface area (Å²) >= 11 is 0. The zero-order chi connectivity index (χ0) is 14.6. The van der Waals surface area contributed by atoms with E-state index in [1.165, 1.54) is 6.33 Å². The van der Waals surface area contributed by atoms with Gasteiger partial charge in [-0.1, -0.05) is 0 Å². The van der Waals surface area contributed by atoms with Crippen molar-refractivity contribution in [2.75, 3.05) is 12.4 Å². The lowest BCUT2D eigenvalue weighted by molar-refractivity contribution is -0.122. The van der Waals surface area contributed by atoms with Crippen LogP contribution < -0.4 is 15.4 Å². The molecule has 0 radical (unpaired) electrons. The van der Waals surface area contributed by atoms with E-state index in [4.69, 9.17) is 4.74 Å². The fourth-order valence-electron chi connectivity index (χ4n) is 1.53. The number of ether oxygens (including phenoxy) is 1. The summed E-state index contributed by atoms with van der Waals surface area (Å²) in [6.45, 7) is 9.45. The third kappa shape index (κ3) is 4.39. The topological polar surface area (TPSA) is 76.1 Å². The van der Waals surface area contributed by atoms with Crippen molar-refractivity contribution >= 4 is 11.7 Å². The number of amides is 1. The van der Waals surface area contributed by atoms with E-state index in [0.29, 0.717) is 11.7 Å². The third-order valence-corrected chi connectivity index (χ3v) is 2.48. The van der Waals surface area contributed by atoms with Crippen LogP contribution in [0.3, 0.4) is 0 Å². The molecule has 0 spiro atoms. The standard InChI is InChI=1S/C13H22N4O2/c1-8-10(14-7-15-12(8)19-6)16-9(2)11(18)17-13(3,4)5/h7,9H,1-6H3,(H,17,18)(H,14,15,16). The molecule has 2 N–H and O–H groups in total. The lowest BCUT2D eigenvalue weighted by Crippen LogP contribution is -2.47. The summed E-state index contributed by atoms with van der Waals surface area (Å²) in [7, 11) is 1.55. The van der Waals surface area contributed by atoms with Crippen LogP contribution in [0.25, 0.3) is 0 Å². The monoisotopic (exact) mass is 266 g/mol. The number of nitrogens with zero attached hydrogens (tertiary/aromatic N) is 2. The number of nitrogens with one attached hydrogen (secondary N) is 2. The first-order valence-electron chi connectivity index (χ1n) is 6.18. The highest BCUT2D eigenvalue weighted by molar-refractivity contribution is 5.84. The number of rotatable bonds is 4. The van der Waals surface area contributed by atoms with E-state index < -0.39 is 6.04 Å². The largest absolute Gasteiger partial charge is 0.481 e. The molecule has 0 aliphatic carbocycles. The normalized spacial score (nSPS) is 12.7. The number of methoxy groups -OCH3 is 1. The Balaban J connectivity index is 2.77. The first kappa shape index (κ1) is 15.2. The number of carbonyl (C=O) groups is 1. The average molecular weight is 266 g/mol. The molecule has 1 rings (SSSR count). The van der Waals surface area contributed by atoms with Gasteiger partial charge in [-0.15, -0.1) is 0 Å². The average Bonchev–Trinajstić information content (AvgIpc) is 2.29. The Kier molecular flexibility index (Phi) is 4.69. The van der Waals surface area contributed by atoms with E-state index in [1.807, 2.05) is 27.7 Å². The van der Waals surface area contributed by atoms with Gasteiger partial charge in [0.25, 0.3) is 0 Å². The first-order chi connectivity index (χ1) is 8.74. The molecule has 0 aromatic carbocycles. The van der Waals surface area contributed by atoms with Gasteiger partial charge in [-0.25, -0.2) is 9.97 Å². The molecule has 1 amide bonds. The lowest BCUT2D eigenvalue weighted by atomic mass is 10.1. The highest BCUT2D eigenvalue weighted by Crippen LogP contribution is 2.20. The van der Waals surface area contributed by atoms with Crippen LogP contribution in [0.5, 0.6) is 5.88 Å². The number of carbonyl (C=O) groups excluding carboxylic acids is 1. The predicted molar refractivity (Wildman–Crippen MR) is 74.3 cm³/mol. The van der Waals surface area contributed by atoms with Crippen LogP contribution in [0.2, 0.25) is 0 Å². The van der Waals surface area contributed by atoms with E-state index in [2.05, 4.69) is 20.6 Å². The molecule has 0 aliphatic heterocycles. The highest BCUT2D eigenvalue weighted by atomic mass is 16.5. The van der Waals surface area contributed by atoms with E-state index in [0.717, 1.165) is 5.56 Å². The van der Waals surface area contributed by atoms with Crippen molar-refractivity contribution in [3.8, 4) is 5.88 Å². The second kappa shape index (κ2) is 5.86. The second-order valence-electron chi connectivity index (χ2n) is 5.46. The lowest BCUT2D eigenvalue weighted by Gasteiger charge is -2.24. The molecule has 0 saturated carbocycles. The molecule has 1 unspecified atom stereocenters. The van der Waals surface area contributed by atoms with Crippen LogP contribution in [0.15, 0.2) is 6.33 Å². The summed E-state index contributed by atoms with van der Waals surface area (Å²) in [5, 5.41) is 5.98. The number of anilines is 1. The second-order valence-corrected chi connectivity index (χ2v) is 5.46. The van der Waals surface area contributed by atoms with E-state index >= 15 is 0 Å². The van der Waals surface area contributed by atoms with Crippen molar-refractivity contribution in [3.63, 3.8) is 0 Å². The van der Waals surface area contributed by atoms with Crippen molar-refractivity contribution < 1.29 is 9.53 Å². The Morgan fingerprint density at radius 3 is 2.53 bits per heavy atom. The SMILES string of the molecule is COc1ncnc(NC(C)C(=O)NC(C)(C)C)c1C. The minimum atomic E-state index is -0.391. The van der Waals surface area contributed by atoms with Gasteiger partial charge in [0.05, 0.1) is 12.7 Å². The Labute approximate surface area is 114 Å². The van der Waals surface area contributed by atoms with Crippen molar-refractivity contribution in [2.24, 2.45) is 0 Å². The zero-order valence-corrected chi connectivity index (χ0v) is 12.4. The van der Waals surface area contributed by atoms with Gasteiger partial charge in [-0.3, -0.25) is 4.79 Å². The summed E-state index contributed by atoms with van der Waals surface area (Å²) in [5.74, 6) is 1.02. The van der Waals surface area contributed by atoms with Crippen LogP contribution in [0, 0.1) is 6.92 Å². The van der Waals surface area contributed by atoms with Crippen molar-refractivity contribution in [1.29, 1.82) is 0 Å². The molecule has 1 heterocycles. The molecule has 106 valence electrons. The quantitative estimate of drug-likeness (QED) is 0.864. The Morgan fingerprint density at radius 1 is 1.37 bits per heavy atom. The molecule has 0 bridgehead atoms. The maximum Gasteiger partial charge on any atom is 0.242 e. The molecule has 0 aliphatic rings. The number of hydrogen-bond donors (Lipinski definition) is 2. The van der Waals surface area contributed by atoms with Gasteiger partial charge in [0, 0.05) is 5.54 Å². The van der Waals surface area contributed by atoms with Gasteiger partial charge >= 0.3 is 0 Å². The smallest absolute Gasteiger partial charge is 0.242 e. The van der Waals surface area contributed by atoms with Gasteiger partial charge in [-0.05, 0) is 34.6 Å². The van der Waals surface area contributed by atoms with Crippen LogP contribution in [0.1, 0.15) is 33.3 Å². The van der Waals surface area contributed by atoms with Crippen LogP contribution >= 0.6 is 0 Å². The molecule has 1 atom stereocenters. The summed E-state index contributed by atoms with van der Waals surface area (Å²) in [4.78, 5) is 20.1. The Bertz CT molecular complexity index is 454. The van der Waals surface area contributed by atoms with Gasteiger partial charge in [0.2, 0.25) is 11.8 Å². The van der Waals surface area contributed by atoms with Crippen LogP contribution in [-0.4, -0.2) is 34.6 Å². The summed E-state index contributed by atoms with van der Waals surface area (Å²) in [5.41, 5.74) is 0.520. The maximum absolute atomic E-state index is 12.0. The summed E-state index contributed by atoms with van der Waals surface area (Å²) < 4.78 is 5.12. The molecule has 1 aromatic heterocycles. The van der Waals surface area contributed by atoms with Crippen molar-refractivity contribution in [2.45, 2.75) is 46.2 Å². The first-order valence-corrected chi connectivity index (χ1v) is 6.18. The third-order valence-electron chi connectivity index (χ3n) is 2.48. The molecule has 6 heteroatoms. The van der Waals surface area contributed by atoms with E-state index in [9.17, 15) is 4.79 Å². The Hall–Kier alpha value is -1.85. The molecule has 0 fully saturated rings. The Morgan fingerprint density at radius 2 is 2.00 bits per heavy atom. The van der Waals surface area contributed by atoms with E-state index in [-0.39, 0.29) is 11.4 Å². The number of aromatic nitrogens is 2. The minimum absolute atomic E-state index is 0.0792. The van der Waals surface area contributed by atoms with Crippen molar-refractivity contribution in [3.05, 3.63) is 11.9 Å². The molecule has 6 nitrogen and oxygen atoms in total. The van der Waals surface area contributed by atoms with E-state index in [1.54, 1.807) is 14.0 Å². The van der Waals surface area contributed by atoms with Crippen LogP contribution in [0.4, 0.5) is 5.82 Å². The van der Waals surface area contributed by atoms with Crippen molar-refractivity contribution in [1.82, 2.24) is 15.3 Å². The maximum atomic E-state index is 12.0. The molecular formula is C13H22N4O2. The van der Waals surface area contributed by atoms with Gasteiger partial charge < -0.3 is 15.4 Å². The minimum Gasteiger partial charge on any atom is -0.481 e. The van der Waals surface area contributed by atoms with Gasteiger partial charge in [0.1, 0.15) is 18.2 Å². The highest BCUT2D eigenvalue weighted by Gasteiger charge is 2.20. The fraction of sp³-hybridized carbons (Fsp3) is 0.615. The molecule has 1 aromatic rings. The van der Waals surface area contributed by atoms with Gasteiger partial charge in [0.15, 0.2) is 0 Å². The zero-order valence-electron chi connectivity index (χ0n) is 12.4.